The van der Waals surface area contributed by atoms with Crippen LogP contribution in [-0.4, -0.2) is 16.6 Å². The van der Waals surface area contributed by atoms with Gasteiger partial charge in [0.15, 0.2) is 0 Å². The van der Waals surface area contributed by atoms with Gasteiger partial charge in [-0.1, -0.05) is 264 Å². The molecule has 4 aromatic rings. The van der Waals surface area contributed by atoms with Crippen LogP contribution in [0.3, 0.4) is 0 Å². The zero-order valence-electron chi connectivity index (χ0n) is 32.5. The second-order valence-corrected chi connectivity index (χ2v) is 22.6. The smallest absolute Gasteiger partial charge is 0.278 e. The molecule has 1 nitrogen and oxygen atoms in total. The van der Waals surface area contributed by atoms with Gasteiger partial charge in [0.05, 0.1) is 0 Å². The molecule has 0 spiro atoms. The van der Waals surface area contributed by atoms with Crippen LogP contribution >= 0.6 is 0 Å². The summed E-state index contributed by atoms with van der Waals surface area (Å²) in [6.07, 6.45) is 27.3. The number of rotatable bonds is 28. The molecule has 276 valence electrons. The highest BCUT2D eigenvalue weighted by molar-refractivity contribution is 7.12. The second-order valence-electron chi connectivity index (χ2n) is 15.1. The van der Waals surface area contributed by atoms with Gasteiger partial charge in [-0.3, -0.25) is 0 Å². The second kappa shape index (κ2) is 24.5. The molecule has 0 aliphatic rings. The average molecular weight is 719 g/mol. The quantitative estimate of drug-likeness (QED) is 0.0323. The summed E-state index contributed by atoms with van der Waals surface area (Å²) in [5.74, 6) is 0. The standard InChI is InChI=1S/C48H70OSi2/c1-3-5-7-9-11-13-15-17-19-33-43-50(45-35-25-21-26-36-45,44-34-20-18-16-14-12-10-8-6-4-2)49-51(46-37-27-22-28-38-46,47-39-29-23-30-40-47)48-41-31-24-32-42-48/h21-32,35-42H,3-20,33-34,43-44H2,1-2H3. The van der Waals surface area contributed by atoms with E-state index in [1.54, 1.807) is 0 Å². The van der Waals surface area contributed by atoms with Gasteiger partial charge in [-0.15, -0.1) is 0 Å². The summed E-state index contributed by atoms with van der Waals surface area (Å²) >= 11 is 0. The predicted molar refractivity (Wildman–Crippen MR) is 230 cm³/mol. The van der Waals surface area contributed by atoms with E-state index in [1.165, 1.54) is 161 Å². The van der Waals surface area contributed by atoms with Gasteiger partial charge in [0.1, 0.15) is 0 Å². The first kappa shape index (κ1) is 41.0. The maximum atomic E-state index is 8.41. The van der Waals surface area contributed by atoms with Crippen LogP contribution in [0.5, 0.6) is 0 Å². The fourth-order valence-electron chi connectivity index (χ4n) is 8.10. The molecule has 3 heteroatoms. The zero-order valence-corrected chi connectivity index (χ0v) is 34.5. The van der Waals surface area contributed by atoms with Crippen molar-refractivity contribution in [2.75, 3.05) is 0 Å². The van der Waals surface area contributed by atoms with E-state index in [0.29, 0.717) is 0 Å². The van der Waals surface area contributed by atoms with Gasteiger partial charge in [-0.05, 0) is 32.8 Å². The minimum absolute atomic E-state index is 1.20. The van der Waals surface area contributed by atoms with E-state index in [2.05, 4.69) is 135 Å². The van der Waals surface area contributed by atoms with E-state index in [-0.39, 0.29) is 0 Å². The van der Waals surface area contributed by atoms with Gasteiger partial charge in [0.2, 0.25) is 8.32 Å². The average Bonchev–Trinajstić information content (AvgIpc) is 3.19. The fourth-order valence-corrected chi connectivity index (χ4v) is 19.4. The number of hydrogen-bond acceptors (Lipinski definition) is 1. The fraction of sp³-hybridized carbons (Fsp3) is 0.500. The molecule has 0 bridgehead atoms. The molecular weight excluding hydrogens is 649 g/mol. The Bertz CT molecular complexity index is 1270. The van der Waals surface area contributed by atoms with Crippen molar-refractivity contribution < 1.29 is 4.12 Å². The van der Waals surface area contributed by atoms with Crippen LogP contribution in [0.4, 0.5) is 0 Å². The highest BCUT2D eigenvalue weighted by Gasteiger charge is 2.50. The topological polar surface area (TPSA) is 9.23 Å². The predicted octanol–water partition coefficient (Wildman–Crippen LogP) is 12.4. The van der Waals surface area contributed by atoms with Crippen LogP contribution in [0.1, 0.15) is 142 Å². The third kappa shape index (κ3) is 13.3. The Kier molecular flexibility index (Phi) is 19.7. The van der Waals surface area contributed by atoms with Crippen molar-refractivity contribution in [3.05, 3.63) is 121 Å². The Morgan fingerprint density at radius 2 is 0.569 bits per heavy atom. The van der Waals surface area contributed by atoms with Crippen LogP contribution < -0.4 is 20.7 Å². The first-order chi connectivity index (χ1) is 25.2. The summed E-state index contributed by atoms with van der Waals surface area (Å²) < 4.78 is 8.41. The Morgan fingerprint density at radius 3 is 0.863 bits per heavy atom. The molecule has 0 fully saturated rings. The lowest BCUT2D eigenvalue weighted by atomic mass is 10.1. The Balaban J connectivity index is 1.63. The third-order valence-corrected chi connectivity index (χ3v) is 21.0. The molecule has 0 unspecified atom stereocenters. The monoisotopic (exact) mass is 718 g/mol. The summed E-state index contributed by atoms with van der Waals surface area (Å²) in [7, 11) is -5.35. The van der Waals surface area contributed by atoms with Crippen LogP contribution in [0.15, 0.2) is 121 Å². The molecule has 0 saturated carbocycles. The molecule has 0 saturated heterocycles. The lowest BCUT2D eigenvalue weighted by Crippen LogP contribution is -2.75. The van der Waals surface area contributed by atoms with Crippen molar-refractivity contribution >= 4 is 37.4 Å². The van der Waals surface area contributed by atoms with Gasteiger partial charge >= 0.3 is 0 Å². The first-order valence-electron chi connectivity index (χ1n) is 21.2. The lowest BCUT2D eigenvalue weighted by molar-refractivity contribution is 0.528. The molecule has 0 aromatic heterocycles. The normalized spacial score (nSPS) is 12.0. The van der Waals surface area contributed by atoms with Crippen molar-refractivity contribution in [3.63, 3.8) is 0 Å². The van der Waals surface area contributed by atoms with Gasteiger partial charge in [-0.25, -0.2) is 0 Å². The third-order valence-electron chi connectivity index (χ3n) is 11.1. The van der Waals surface area contributed by atoms with Gasteiger partial charge in [0.25, 0.3) is 8.32 Å². The molecule has 0 heterocycles. The largest absolute Gasteiger partial charge is 0.442 e. The molecule has 4 aromatic carbocycles. The Morgan fingerprint density at radius 1 is 0.314 bits per heavy atom. The molecular formula is C48H70OSi2. The molecule has 51 heavy (non-hydrogen) atoms. The van der Waals surface area contributed by atoms with E-state index in [1.807, 2.05) is 0 Å². The van der Waals surface area contributed by atoms with E-state index >= 15 is 0 Å². The van der Waals surface area contributed by atoms with Crippen molar-refractivity contribution in [3.8, 4) is 0 Å². The van der Waals surface area contributed by atoms with E-state index < -0.39 is 16.6 Å². The Labute approximate surface area is 315 Å². The van der Waals surface area contributed by atoms with Crippen molar-refractivity contribution in [2.24, 2.45) is 0 Å². The summed E-state index contributed by atoms with van der Waals surface area (Å²) in [6.45, 7) is 4.62. The maximum Gasteiger partial charge on any atom is 0.278 e. The zero-order chi connectivity index (χ0) is 35.7. The SMILES string of the molecule is CCCCCCCCCCCC[Si](CCCCCCCCCCCC)(O[Si](c1ccccc1)(c1ccccc1)c1ccccc1)c1ccccc1. The number of benzene rings is 4. The molecule has 0 N–H and O–H groups in total. The van der Waals surface area contributed by atoms with Gasteiger partial charge in [0, 0.05) is 0 Å². The maximum absolute atomic E-state index is 8.41. The minimum atomic E-state index is -2.87. The molecule has 0 radical (unpaired) electrons. The summed E-state index contributed by atoms with van der Waals surface area (Å²) in [5, 5.41) is 5.58. The van der Waals surface area contributed by atoms with Crippen LogP contribution in [-0.2, 0) is 4.12 Å². The van der Waals surface area contributed by atoms with E-state index in [9.17, 15) is 0 Å². The van der Waals surface area contributed by atoms with E-state index in [0.717, 1.165) is 0 Å². The van der Waals surface area contributed by atoms with Gasteiger partial charge in [-0.2, -0.15) is 0 Å². The van der Waals surface area contributed by atoms with Crippen LogP contribution in [0.25, 0.3) is 0 Å². The molecule has 4 rings (SSSR count). The number of unbranched alkanes of at least 4 members (excludes halogenated alkanes) is 18. The highest BCUT2D eigenvalue weighted by atomic mass is 28.4. The molecule has 0 atom stereocenters. The molecule has 0 aliphatic carbocycles. The summed E-state index contributed by atoms with van der Waals surface area (Å²) in [4.78, 5) is 0. The Hall–Kier alpha value is -2.73. The first-order valence-corrected chi connectivity index (χ1v) is 25.4. The molecule has 0 amide bonds. The highest BCUT2D eigenvalue weighted by Crippen LogP contribution is 2.29. The molecule has 0 aliphatic heterocycles. The lowest BCUT2D eigenvalue weighted by Gasteiger charge is -2.44. The minimum Gasteiger partial charge on any atom is -0.442 e. The summed E-state index contributed by atoms with van der Waals surface area (Å²) in [6, 6.07) is 48.0. The van der Waals surface area contributed by atoms with Gasteiger partial charge < -0.3 is 4.12 Å². The summed E-state index contributed by atoms with van der Waals surface area (Å²) in [5.41, 5.74) is 0. The van der Waals surface area contributed by atoms with Crippen LogP contribution in [0, 0.1) is 0 Å². The number of hydrogen-bond donors (Lipinski definition) is 0. The van der Waals surface area contributed by atoms with E-state index in [4.69, 9.17) is 4.12 Å². The van der Waals surface area contributed by atoms with Crippen molar-refractivity contribution in [1.82, 2.24) is 0 Å². The van der Waals surface area contributed by atoms with Crippen molar-refractivity contribution in [1.29, 1.82) is 0 Å². The van der Waals surface area contributed by atoms with Crippen molar-refractivity contribution in [2.45, 2.75) is 154 Å². The van der Waals surface area contributed by atoms with Crippen LogP contribution in [0.2, 0.25) is 12.1 Å².